The van der Waals surface area contributed by atoms with E-state index in [0.717, 1.165) is 17.0 Å². The first-order valence-corrected chi connectivity index (χ1v) is 5.53. The molecule has 4 nitrogen and oxygen atoms in total. The van der Waals surface area contributed by atoms with Gasteiger partial charge in [0.15, 0.2) is 0 Å². The molecule has 1 fully saturated rings. The number of imide groups is 1. The first kappa shape index (κ1) is 13.4. The summed E-state index contributed by atoms with van der Waals surface area (Å²) < 4.78 is 37.1. The molecule has 0 saturated carbocycles. The first-order chi connectivity index (χ1) is 8.79. The van der Waals surface area contributed by atoms with Gasteiger partial charge in [-0.25, -0.2) is 0 Å². The number of hydrogen-bond acceptors (Lipinski definition) is 3. The lowest BCUT2D eigenvalue weighted by molar-refractivity contribution is -0.138. The molecule has 0 spiro atoms. The number of benzene rings is 1. The van der Waals surface area contributed by atoms with Gasteiger partial charge in [0.25, 0.3) is 5.91 Å². The Morgan fingerprint density at radius 2 is 1.79 bits per heavy atom. The zero-order valence-electron chi connectivity index (χ0n) is 9.99. The number of likely N-dealkylation sites (tertiary alicyclic amines) is 1. The lowest BCUT2D eigenvalue weighted by atomic mass is 10.1. The van der Waals surface area contributed by atoms with Gasteiger partial charge in [-0.2, -0.15) is 13.2 Å². The molecule has 0 aliphatic carbocycles. The van der Waals surface area contributed by atoms with Crippen molar-refractivity contribution in [1.29, 1.82) is 0 Å². The third-order valence-electron chi connectivity index (χ3n) is 2.93. The van der Waals surface area contributed by atoms with Gasteiger partial charge in [-0.05, 0) is 24.3 Å². The van der Waals surface area contributed by atoms with Crippen molar-refractivity contribution in [3.63, 3.8) is 0 Å². The Morgan fingerprint density at radius 3 is 2.21 bits per heavy atom. The number of nitrogens with zero attached hydrogens (tertiary/aromatic N) is 1. The largest absolute Gasteiger partial charge is 0.416 e. The Labute approximate surface area is 107 Å². The fourth-order valence-electron chi connectivity index (χ4n) is 1.82. The summed E-state index contributed by atoms with van der Waals surface area (Å²) in [5.41, 5.74) is -0.390. The molecule has 1 heterocycles. The molecule has 102 valence electrons. The second-order valence-electron chi connectivity index (χ2n) is 4.27. The molecule has 1 atom stereocenters. The van der Waals surface area contributed by atoms with Crippen LogP contribution in [-0.2, 0) is 15.8 Å². The average molecular weight is 272 g/mol. The number of rotatable bonds is 2. The van der Waals surface area contributed by atoms with E-state index in [1.807, 2.05) is 0 Å². The molecule has 0 radical (unpaired) electrons. The van der Waals surface area contributed by atoms with Crippen molar-refractivity contribution in [1.82, 2.24) is 4.90 Å². The number of carbonyl (C=O) groups excluding carboxylic acids is 2. The molecule has 1 N–H and O–H groups in total. The zero-order chi connectivity index (χ0) is 14.2. The fourth-order valence-corrected chi connectivity index (χ4v) is 1.82. The normalized spacial score (nSPS) is 20.0. The maximum atomic E-state index is 12.4. The molecule has 1 aromatic carbocycles. The van der Waals surface area contributed by atoms with Crippen LogP contribution in [-0.4, -0.2) is 29.8 Å². The summed E-state index contributed by atoms with van der Waals surface area (Å²) in [5.74, 6) is -0.695. The fraction of sp³-hybridized carbons (Fsp3) is 0.333. The van der Waals surface area contributed by atoms with E-state index in [4.69, 9.17) is 0 Å². The van der Waals surface area contributed by atoms with E-state index in [2.05, 4.69) is 5.32 Å². The number of likely N-dealkylation sites (N-methyl/N-ethyl adjacent to an activating group) is 1. The van der Waals surface area contributed by atoms with Gasteiger partial charge in [-0.15, -0.1) is 0 Å². The molecule has 1 aliphatic heterocycles. The molecular weight excluding hydrogens is 261 g/mol. The Bertz CT molecular complexity index is 511. The van der Waals surface area contributed by atoms with E-state index in [0.29, 0.717) is 5.69 Å². The minimum absolute atomic E-state index is 0.0103. The second kappa shape index (κ2) is 4.56. The number of hydrogen-bond donors (Lipinski definition) is 1. The number of nitrogens with one attached hydrogen (secondary N) is 1. The number of carbonyl (C=O) groups is 2. The Kier molecular flexibility index (Phi) is 3.21. The topological polar surface area (TPSA) is 49.4 Å². The predicted molar refractivity (Wildman–Crippen MR) is 61.2 cm³/mol. The summed E-state index contributed by atoms with van der Waals surface area (Å²) >= 11 is 0. The summed E-state index contributed by atoms with van der Waals surface area (Å²) in [6.07, 6.45) is -4.38. The van der Waals surface area contributed by atoms with Crippen LogP contribution in [0, 0.1) is 0 Å². The van der Waals surface area contributed by atoms with Crippen molar-refractivity contribution >= 4 is 17.5 Å². The van der Waals surface area contributed by atoms with Crippen LogP contribution in [0.2, 0.25) is 0 Å². The quantitative estimate of drug-likeness (QED) is 0.836. The predicted octanol–water partition coefficient (Wildman–Crippen LogP) is 1.87. The Balaban J connectivity index is 2.09. The number of alkyl halides is 3. The number of halogens is 3. The van der Waals surface area contributed by atoms with Gasteiger partial charge in [-0.3, -0.25) is 14.5 Å². The van der Waals surface area contributed by atoms with E-state index in [9.17, 15) is 22.8 Å². The molecule has 2 amide bonds. The highest BCUT2D eigenvalue weighted by atomic mass is 19.4. The molecule has 1 saturated heterocycles. The van der Waals surface area contributed by atoms with Crippen molar-refractivity contribution in [3.05, 3.63) is 29.8 Å². The van der Waals surface area contributed by atoms with Gasteiger partial charge in [0, 0.05) is 12.7 Å². The highest BCUT2D eigenvalue weighted by Crippen LogP contribution is 2.30. The van der Waals surface area contributed by atoms with Crippen molar-refractivity contribution in [2.45, 2.75) is 18.6 Å². The summed E-state index contributed by atoms with van der Waals surface area (Å²) in [4.78, 5) is 23.9. The third kappa shape index (κ3) is 2.69. The van der Waals surface area contributed by atoms with Crippen molar-refractivity contribution in [2.75, 3.05) is 12.4 Å². The van der Waals surface area contributed by atoms with Crippen LogP contribution in [0.25, 0.3) is 0 Å². The number of anilines is 1. The van der Waals surface area contributed by atoms with Gasteiger partial charge < -0.3 is 5.32 Å². The minimum Gasteiger partial charge on any atom is -0.373 e. The van der Waals surface area contributed by atoms with E-state index in [1.165, 1.54) is 19.2 Å². The van der Waals surface area contributed by atoms with Crippen LogP contribution < -0.4 is 5.32 Å². The molecule has 19 heavy (non-hydrogen) atoms. The van der Waals surface area contributed by atoms with Crippen LogP contribution in [0.1, 0.15) is 12.0 Å². The summed E-state index contributed by atoms with van der Waals surface area (Å²) in [6.45, 7) is 0. The van der Waals surface area contributed by atoms with Gasteiger partial charge in [0.1, 0.15) is 6.04 Å². The lowest BCUT2D eigenvalue weighted by Crippen LogP contribution is -2.31. The van der Waals surface area contributed by atoms with Crippen LogP contribution in [0.15, 0.2) is 24.3 Å². The summed E-state index contributed by atoms with van der Waals surface area (Å²) in [5, 5.41) is 2.75. The number of amides is 2. The molecule has 0 bridgehead atoms. The van der Waals surface area contributed by atoms with Crippen LogP contribution >= 0.6 is 0 Å². The highest BCUT2D eigenvalue weighted by Gasteiger charge is 2.36. The molecular formula is C12H11F3N2O2. The Hall–Kier alpha value is -2.05. The minimum atomic E-state index is -4.39. The zero-order valence-corrected chi connectivity index (χ0v) is 9.99. The van der Waals surface area contributed by atoms with Crippen LogP contribution in [0.4, 0.5) is 18.9 Å². The molecule has 2 rings (SSSR count). The van der Waals surface area contributed by atoms with Crippen LogP contribution in [0.3, 0.4) is 0 Å². The lowest BCUT2D eigenvalue weighted by Gasteiger charge is -2.13. The van der Waals surface area contributed by atoms with Gasteiger partial charge in [-0.1, -0.05) is 0 Å². The van der Waals surface area contributed by atoms with Gasteiger partial charge in [0.05, 0.1) is 12.0 Å². The standard InChI is InChI=1S/C12H11F3N2O2/c1-17-10(18)6-9(11(17)19)16-8-4-2-7(3-5-8)12(13,14)15/h2-5,9,16H,6H2,1H3. The average Bonchev–Trinajstić information content (AvgIpc) is 2.57. The molecule has 1 unspecified atom stereocenters. The molecule has 7 heteroatoms. The monoisotopic (exact) mass is 272 g/mol. The van der Waals surface area contributed by atoms with Crippen molar-refractivity contribution in [2.24, 2.45) is 0 Å². The van der Waals surface area contributed by atoms with E-state index >= 15 is 0 Å². The summed E-state index contributed by atoms with van der Waals surface area (Å²) in [7, 11) is 1.37. The smallest absolute Gasteiger partial charge is 0.373 e. The van der Waals surface area contributed by atoms with Crippen molar-refractivity contribution < 1.29 is 22.8 Å². The maximum absolute atomic E-state index is 12.4. The van der Waals surface area contributed by atoms with E-state index in [1.54, 1.807) is 0 Å². The van der Waals surface area contributed by atoms with Crippen molar-refractivity contribution in [3.8, 4) is 0 Å². The summed E-state index contributed by atoms with van der Waals surface area (Å²) in [6, 6.07) is 3.60. The van der Waals surface area contributed by atoms with Gasteiger partial charge >= 0.3 is 6.18 Å². The van der Waals surface area contributed by atoms with E-state index in [-0.39, 0.29) is 18.2 Å². The SMILES string of the molecule is CN1C(=O)CC(Nc2ccc(C(F)(F)F)cc2)C1=O. The molecule has 1 aromatic rings. The molecule has 0 aromatic heterocycles. The van der Waals surface area contributed by atoms with Crippen LogP contribution in [0.5, 0.6) is 0 Å². The third-order valence-corrected chi connectivity index (χ3v) is 2.93. The Morgan fingerprint density at radius 1 is 1.21 bits per heavy atom. The second-order valence-corrected chi connectivity index (χ2v) is 4.27. The maximum Gasteiger partial charge on any atom is 0.416 e. The molecule has 1 aliphatic rings. The highest BCUT2D eigenvalue weighted by molar-refractivity contribution is 6.06. The van der Waals surface area contributed by atoms with Gasteiger partial charge in [0.2, 0.25) is 5.91 Å². The first-order valence-electron chi connectivity index (χ1n) is 5.53. The van der Waals surface area contributed by atoms with E-state index < -0.39 is 17.8 Å².